The van der Waals surface area contributed by atoms with Gasteiger partial charge in [0.15, 0.2) is 0 Å². The second-order valence-electron chi connectivity index (χ2n) is 4.40. The van der Waals surface area contributed by atoms with Gasteiger partial charge in [0.05, 0.1) is 0 Å². The highest BCUT2D eigenvalue weighted by Gasteiger charge is 2.12. The number of likely N-dealkylation sites (N-methyl/N-ethyl adjacent to an activating group) is 1. The van der Waals surface area contributed by atoms with E-state index in [1.165, 1.54) is 32.7 Å². The van der Waals surface area contributed by atoms with E-state index < -0.39 is 0 Å². The summed E-state index contributed by atoms with van der Waals surface area (Å²) in [6.07, 6.45) is 2.17. The molecule has 0 saturated carbocycles. The van der Waals surface area contributed by atoms with Crippen LogP contribution < -0.4 is 5.32 Å². The molecule has 0 aliphatic carbocycles. The van der Waals surface area contributed by atoms with Crippen LogP contribution >= 0.6 is 11.8 Å². The van der Waals surface area contributed by atoms with Crippen LogP contribution in [0.4, 0.5) is 0 Å². The van der Waals surface area contributed by atoms with Gasteiger partial charge in [-0.05, 0) is 13.3 Å². The van der Waals surface area contributed by atoms with Crippen LogP contribution in [-0.4, -0.2) is 74.2 Å². The van der Waals surface area contributed by atoms with Gasteiger partial charge in [-0.1, -0.05) is 6.92 Å². The van der Waals surface area contributed by atoms with Gasteiger partial charge in [-0.25, -0.2) is 0 Å². The normalized spacial score (nSPS) is 21.8. The van der Waals surface area contributed by atoms with Crippen LogP contribution in [0.3, 0.4) is 0 Å². The van der Waals surface area contributed by atoms with Crippen LogP contribution in [0.5, 0.6) is 0 Å². The average molecular weight is 231 g/mol. The molecule has 1 aliphatic rings. The molecule has 0 bridgehead atoms. The topological polar surface area (TPSA) is 18.5 Å². The van der Waals surface area contributed by atoms with Crippen LogP contribution in [0.2, 0.25) is 0 Å². The molecule has 1 rings (SSSR count). The molecule has 1 saturated heterocycles. The van der Waals surface area contributed by atoms with Gasteiger partial charge < -0.3 is 10.2 Å². The molecule has 1 fully saturated rings. The van der Waals surface area contributed by atoms with Gasteiger partial charge in [-0.3, -0.25) is 4.90 Å². The Balaban J connectivity index is 1.96. The Labute approximate surface area is 98.6 Å². The molecule has 3 nitrogen and oxygen atoms in total. The molecule has 1 N–H and O–H groups in total. The quantitative estimate of drug-likeness (QED) is 0.674. The number of hydrogen-bond donors (Lipinski definition) is 1. The smallest absolute Gasteiger partial charge is 0.0141 e. The van der Waals surface area contributed by atoms with Crippen LogP contribution in [0.15, 0.2) is 0 Å². The molecule has 90 valence electrons. The second kappa shape index (κ2) is 7.49. The lowest BCUT2D eigenvalue weighted by atomic mass is 10.3. The van der Waals surface area contributed by atoms with E-state index in [0.29, 0.717) is 0 Å². The fourth-order valence-electron chi connectivity index (χ4n) is 1.70. The minimum atomic E-state index is 0.734. The minimum absolute atomic E-state index is 0.734. The Bertz CT molecular complexity index is 158. The SMILES string of the molecule is CSC(C)CNCCN1CCN(C)CC1. The van der Waals surface area contributed by atoms with Crippen molar-refractivity contribution in [3.8, 4) is 0 Å². The molecule has 0 aromatic carbocycles. The zero-order valence-electron chi connectivity index (χ0n) is 10.3. The molecule has 0 aromatic rings. The Morgan fingerprint density at radius 3 is 2.53 bits per heavy atom. The van der Waals surface area contributed by atoms with Crippen molar-refractivity contribution in [2.45, 2.75) is 12.2 Å². The van der Waals surface area contributed by atoms with Crippen molar-refractivity contribution in [2.75, 3.05) is 59.1 Å². The number of hydrogen-bond acceptors (Lipinski definition) is 4. The van der Waals surface area contributed by atoms with Crippen molar-refractivity contribution < 1.29 is 0 Å². The first kappa shape index (κ1) is 13.3. The summed E-state index contributed by atoms with van der Waals surface area (Å²) in [5, 5.41) is 4.25. The maximum absolute atomic E-state index is 3.52. The highest BCUT2D eigenvalue weighted by molar-refractivity contribution is 7.99. The largest absolute Gasteiger partial charge is 0.314 e. The van der Waals surface area contributed by atoms with Crippen molar-refractivity contribution >= 4 is 11.8 Å². The summed E-state index contributed by atoms with van der Waals surface area (Å²) in [5.41, 5.74) is 0. The molecule has 0 aromatic heterocycles. The maximum Gasteiger partial charge on any atom is 0.0141 e. The van der Waals surface area contributed by atoms with E-state index in [1.54, 1.807) is 0 Å². The lowest BCUT2D eigenvalue weighted by Crippen LogP contribution is -2.46. The van der Waals surface area contributed by atoms with Gasteiger partial charge >= 0.3 is 0 Å². The van der Waals surface area contributed by atoms with E-state index in [9.17, 15) is 0 Å². The average Bonchev–Trinajstić information content (AvgIpc) is 2.26. The molecule has 4 heteroatoms. The molecule has 15 heavy (non-hydrogen) atoms. The summed E-state index contributed by atoms with van der Waals surface area (Å²) in [6.45, 7) is 10.7. The zero-order valence-corrected chi connectivity index (χ0v) is 11.1. The fraction of sp³-hybridized carbons (Fsp3) is 1.00. The van der Waals surface area contributed by atoms with Crippen molar-refractivity contribution in [1.82, 2.24) is 15.1 Å². The van der Waals surface area contributed by atoms with E-state index in [0.717, 1.165) is 18.3 Å². The number of nitrogens with zero attached hydrogens (tertiary/aromatic N) is 2. The van der Waals surface area contributed by atoms with Crippen LogP contribution in [0.1, 0.15) is 6.92 Å². The van der Waals surface area contributed by atoms with E-state index in [1.807, 2.05) is 11.8 Å². The first-order chi connectivity index (χ1) is 7.22. The molecule has 1 aliphatic heterocycles. The highest BCUT2D eigenvalue weighted by Crippen LogP contribution is 2.02. The Hall–Kier alpha value is 0.230. The molecule has 0 radical (unpaired) electrons. The summed E-state index contributed by atoms with van der Waals surface area (Å²) < 4.78 is 0. The van der Waals surface area contributed by atoms with Gasteiger partial charge in [-0.15, -0.1) is 0 Å². The summed E-state index contributed by atoms with van der Waals surface area (Å²) in [6, 6.07) is 0. The number of piperazine rings is 1. The molecule has 1 atom stereocenters. The van der Waals surface area contributed by atoms with Crippen molar-refractivity contribution in [1.29, 1.82) is 0 Å². The minimum Gasteiger partial charge on any atom is -0.314 e. The van der Waals surface area contributed by atoms with Crippen LogP contribution in [-0.2, 0) is 0 Å². The summed E-state index contributed by atoms with van der Waals surface area (Å²) in [4.78, 5) is 4.95. The third-order valence-electron chi connectivity index (χ3n) is 3.03. The maximum atomic E-state index is 3.52. The highest BCUT2D eigenvalue weighted by atomic mass is 32.2. The summed E-state index contributed by atoms with van der Waals surface area (Å²) in [7, 11) is 2.20. The molecular weight excluding hydrogens is 206 g/mol. The standard InChI is InChI=1S/C11H25N3S/c1-11(15-3)10-12-4-5-14-8-6-13(2)7-9-14/h11-12H,4-10H2,1-3H3. The van der Waals surface area contributed by atoms with Crippen molar-refractivity contribution in [3.05, 3.63) is 0 Å². The predicted molar refractivity (Wildman–Crippen MR) is 69.8 cm³/mol. The van der Waals surface area contributed by atoms with E-state index in [4.69, 9.17) is 0 Å². The Morgan fingerprint density at radius 1 is 1.27 bits per heavy atom. The lowest BCUT2D eigenvalue weighted by molar-refractivity contribution is 0.155. The van der Waals surface area contributed by atoms with Gasteiger partial charge in [0.2, 0.25) is 0 Å². The molecule has 0 spiro atoms. The second-order valence-corrected chi connectivity index (χ2v) is 5.67. The molecule has 1 heterocycles. The van der Waals surface area contributed by atoms with Gasteiger partial charge in [0.25, 0.3) is 0 Å². The van der Waals surface area contributed by atoms with Crippen molar-refractivity contribution in [2.24, 2.45) is 0 Å². The zero-order chi connectivity index (χ0) is 11.1. The van der Waals surface area contributed by atoms with Crippen molar-refractivity contribution in [3.63, 3.8) is 0 Å². The van der Waals surface area contributed by atoms with E-state index in [-0.39, 0.29) is 0 Å². The van der Waals surface area contributed by atoms with Crippen LogP contribution in [0, 0.1) is 0 Å². The third-order valence-corrected chi connectivity index (χ3v) is 4.01. The third kappa shape index (κ3) is 5.76. The number of nitrogens with one attached hydrogen (secondary N) is 1. The van der Waals surface area contributed by atoms with Gasteiger partial charge in [0, 0.05) is 51.1 Å². The molecule has 0 amide bonds. The summed E-state index contributed by atoms with van der Waals surface area (Å²) in [5.74, 6) is 0. The number of rotatable bonds is 6. The van der Waals surface area contributed by atoms with Crippen LogP contribution in [0.25, 0.3) is 0 Å². The first-order valence-corrected chi connectivity index (χ1v) is 7.15. The van der Waals surface area contributed by atoms with E-state index >= 15 is 0 Å². The molecular formula is C11H25N3S. The monoisotopic (exact) mass is 231 g/mol. The Morgan fingerprint density at radius 2 is 1.93 bits per heavy atom. The fourth-order valence-corrected chi connectivity index (χ4v) is 1.98. The predicted octanol–water partition coefficient (Wildman–Crippen LogP) is 0.575. The van der Waals surface area contributed by atoms with E-state index in [2.05, 4.69) is 35.3 Å². The van der Waals surface area contributed by atoms with Gasteiger partial charge in [0.1, 0.15) is 0 Å². The Kier molecular flexibility index (Phi) is 6.64. The first-order valence-electron chi connectivity index (χ1n) is 5.87. The summed E-state index contributed by atoms with van der Waals surface area (Å²) >= 11 is 1.93. The molecule has 1 unspecified atom stereocenters. The van der Waals surface area contributed by atoms with Gasteiger partial charge in [-0.2, -0.15) is 11.8 Å². The lowest BCUT2D eigenvalue weighted by Gasteiger charge is -2.32. The number of thioether (sulfide) groups is 1.